The molecule has 0 radical (unpaired) electrons. The molecule has 86 valence electrons. The minimum atomic E-state index is -0.660. The number of hydrogen-bond acceptors (Lipinski definition) is 5. The van der Waals surface area contributed by atoms with E-state index in [1.165, 1.54) is 7.11 Å². The van der Waals surface area contributed by atoms with Crippen LogP contribution in [0.25, 0.3) is 0 Å². The first kappa shape index (κ1) is 13.3. The fourth-order valence-corrected chi connectivity index (χ4v) is 2.17. The summed E-state index contributed by atoms with van der Waals surface area (Å²) in [6.07, 6.45) is 2.11. The van der Waals surface area contributed by atoms with Crippen LogP contribution >= 0.6 is 28.4 Å². The number of esters is 1. The molecule has 1 rings (SSSR count). The Morgan fingerprint density at radius 1 is 1.69 bits per heavy atom. The zero-order chi connectivity index (χ0) is 12.1. The first-order valence-electron chi connectivity index (χ1n) is 4.35. The van der Waals surface area contributed by atoms with Gasteiger partial charge in [-0.15, -0.1) is 0 Å². The smallest absolute Gasteiger partial charge is 0.356 e. The van der Waals surface area contributed by atoms with Crippen molar-refractivity contribution >= 4 is 45.9 Å². The lowest BCUT2D eigenvalue weighted by atomic mass is 10.1. The van der Waals surface area contributed by atoms with Gasteiger partial charge in [-0.1, -0.05) is 0 Å². The average molecular weight is 351 g/mol. The summed E-state index contributed by atoms with van der Waals surface area (Å²) in [4.78, 5) is 15.4. The SMILES string of the molecule is COC(=O)C(=N)c1cc(C)cnc1NPI. The Bertz CT molecular complexity index is 425. The van der Waals surface area contributed by atoms with E-state index in [4.69, 9.17) is 5.41 Å². The Kier molecular flexibility index (Phi) is 5.08. The summed E-state index contributed by atoms with van der Waals surface area (Å²) in [7, 11) is 1.26. The number of anilines is 1. The van der Waals surface area contributed by atoms with Crippen LogP contribution in [0.2, 0.25) is 0 Å². The van der Waals surface area contributed by atoms with Crippen LogP contribution in [0, 0.1) is 12.3 Å². The second kappa shape index (κ2) is 6.10. The van der Waals surface area contributed by atoms with E-state index in [2.05, 4.69) is 36.8 Å². The van der Waals surface area contributed by atoms with Gasteiger partial charge in [0.2, 0.25) is 0 Å². The zero-order valence-electron chi connectivity index (χ0n) is 8.80. The molecule has 2 N–H and O–H groups in total. The Labute approximate surface area is 108 Å². The van der Waals surface area contributed by atoms with Gasteiger partial charge in [-0.05, 0) is 40.6 Å². The van der Waals surface area contributed by atoms with Gasteiger partial charge in [0.15, 0.2) is 5.71 Å². The number of aromatic nitrogens is 1. The van der Waals surface area contributed by atoms with Crippen molar-refractivity contribution < 1.29 is 9.53 Å². The maximum atomic E-state index is 11.3. The highest BCUT2D eigenvalue weighted by Gasteiger charge is 2.17. The van der Waals surface area contributed by atoms with Crippen LogP contribution in [0.15, 0.2) is 12.3 Å². The van der Waals surface area contributed by atoms with Crippen molar-refractivity contribution in [2.75, 3.05) is 12.2 Å². The molecule has 1 atom stereocenters. The molecule has 0 saturated carbocycles. The number of aryl methyl sites for hydroxylation is 1. The monoisotopic (exact) mass is 351 g/mol. The standard InChI is InChI=1S/C9H11IN3O2P/c1-5-3-6(7(11)9(14)15-2)8(12-4-5)13-16-10/h3-4,11,16H,1-2H3,(H,12,13). The van der Waals surface area contributed by atoms with Gasteiger partial charge in [0.25, 0.3) is 0 Å². The van der Waals surface area contributed by atoms with Crippen LogP contribution < -0.4 is 5.09 Å². The quantitative estimate of drug-likeness (QED) is 0.378. The van der Waals surface area contributed by atoms with E-state index in [9.17, 15) is 4.79 Å². The van der Waals surface area contributed by atoms with Gasteiger partial charge in [-0.2, -0.15) is 0 Å². The molecule has 0 fully saturated rings. The molecule has 16 heavy (non-hydrogen) atoms. The average Bonchev–Trinajstić information content (AvgIpc) is 2.29. The number of hydrogen-bond donors (Lipinski definition) is 2. The maximum Gasteiger partial charge on any atom is 0.356 e. The predicted molar refractivity (Wildman–Crippen MR) is 73.8 cm³/mol. The predicted octanol–water partition coefficient (Wildman–Crippen LogP) is 2.29. The summed E-state index contributed by atoms with van der Waals surface area (Å²) < 4.78 is 4.52. The number of methoxy groups -OCH3 is 1. The summed E-state index contributed by atoms with van der Waals surface area (Å²) >= 11 is 2.16. The molecule has 0 aliphatic carbocycles. The van der Waals surface area contributed by atoms with Crippen LogP contribution in [-0.4, -0.2) is 23.8 Å². The van der Waals surface area contributed by atoms with Gasteiger partial charge in [-0.25, -0.2) is 9.78 Å². The molecule has 0 spiro atoms. The van der Waals surface area contributed by atoms with Gasteiger partial charge >= 0.3 is 5.97 Å². The van der Waals surface area contributed by atoms with Gasteiger partial charge in [-0.3, -0.25) is 5.41 Å². The van der Waals surface area contributed by atoms with E-state index in [-0.39, 0.29) is 5.71 Å². The molecule has 0 aliphatic rings. The van der Waals surface area contributed by atoms with E-state index >= 15 is 0 Å². The molecule has 1 aromatic heterocycles. The lowest BCUT2D eigenvalue weighted by Crippen LogP contribution is -2.17. The molecule has 7 heteroatoms. The summed E-state index contributed by atoms with van der Waals surface area (Å²) in [6, 6.07) is 1.74. The van der Waals surface area contributed by atoms with Crippen LogP contribution in [0.3, 0.4) is 0 Å². The molecular formula is C9H11IN3O2P. The highest BCUT2D eigenvalue weighted by molar-refractivity contribution is 14.2. The van der Waals surface area contributed by atoms with Gasteiger partial charge in [0.05, 0.1) is 7.11 Å². The largest absolute Gasteiger partial charge is 0.464 e. The van der Waals surface area contributed by atoms with E-state index in [0.717, 1.165) is 5.56 Å². The Hall–Kier alpha value is -0.750. The third kappa shape index (κ3) is 3.12. The van der Waals surface area contributed by atoms with Crippen molar-refractivity contribution in [1.29, 1.82) is 5.41 Å². The van der Waals surface area contributed by atoms with Gasteiger partial charge in [0, 0.05) is 18.1 Å². The number of rotatable bonds is 4. The number of carbonyl (C=O) groups is 1. The normalized spacial score (nSPS) is 10.4. The van der Waals surface area contributed by atoms with E-state index in [0.29, 0.717) is 17.8 Å². The molecule has 1 aromatic rings. The highest BCUT2D eigenvalue weighted by atomic mass is 127. The number of carbonyl (C=O) groups excluding carboxylic acids is 1. The molecule has 0 aromatic carbocycles. The molecule has 1 heterocycles. The topological polar surface area (TPSA) is 75.1 Å². The van der Waals surface area contributed by atoms with Crippen molar-refractivity contribution in [2.24, 2.45) is 0 Å². The molecular weight excluding hydrogens is 340 g/mol. The summed E-state index contributed by atoms with van der Waals surface area (Å²) in [5.74, 6) is -0.124. The lowest BCUT2D eigenvalue weighted by Gasteiger charge is -2.09. The summed E-state index contributed by atoms with van der Waals surface area (Å²) in [6.45, 7) is 1.86. The molecule has 0 saturated heterocycles. The second-order valence-electron chi connectivity index (χ2n) is 2.99. The zero-order valence-corrected chi connectivity index (χ0v) is 12.0. The lowest BCUT2D eigenvalue weighted by molar-refractivity contribution is -0.132. The Morgan fingerprint density at radius 3 is 2.94 bits per heavy atom. The van der Waals surface area contributed by atoms with E-state index < -0.39 is 5.97 Å². The molecule has 0 amide bonds. The van der Waals surface area contributed by atoms with Crippen molar-refractivity contribution in [3.63, 3.8) is 0 Å². The Morgan fingerprint density at radius 2 is 2.38 bits per heavy atom. The van der Waals surface area contributed by atoms with Gasteiger partial charge < -0.3 is 9.82 Å². The Balaban J connectivity index is 3.13. The minimum absolute atomic E-state index is 0.184. The van der Waals surface area contributed by atoms with Crippen LogP contribution in [-0.2, 0) is 9.53 Å². The number of nitrogens with one attached hydrogen (secondary N) is 2. The number of halogens is 1. The number of ether oxygens (including phenoxy) is 1. The van der Waals surface area contributed by atoms with Crippen molar-refractivity contribution in [3.8, 4) is 0 Å². The third-order valence-corrected chi connectivity index (χ3v) is 2.99. The fraction of sp³-hybridized carbons (Fsp3) is 0.222. The van der Waals surface area contributed by atoms with Crippen molar-refractivity contribution in [2.45, 2.75) is 6.92 Å². The molecule has 1 unspecified atom stereocenters. The maximum absolute atomic E-state index is 11.3. The van der Waals surface area contributed by atoms with E-state index in [1.54, 1.807) is 12.3 Å². The van der Waals surface area contributed by atoms with Crippen LogP contribution in [0.1, 0.15) is 11.1 Å². The first-order chi connectivity index (χ1) is 7.60. The van der Waals surface area contributed by atoms with Crippen molar-refractivity contribution in [1.82, 2.24) is 4.98 Å². The van der Waals surface area contributed by atoms with Gasteiger partial charge in [0.1, 0.15) is 5.82 Å². The number of nitrogens with zero attached hydrogens (tertiary/aromatic N) is 1. The summed E-state index contributed by atoms with van der Waals surface area (Å²) in [5.41, 5.74) is 1.18. The second-order valence-corrected chi connectivity index (χ2v) is 5.05. The molecule has 0 aliphatic heterocycles. The fourth-order valence-electron chi connectivity index (χ4n) is 1.12. The first-order valence-corrected chi connectivity index (χ1v) is 8.47. The third-order valence-electron chi connectivity index (χ3n) is 1.85. The highest BCUT2D eigenvalue weighted by Crippen LogP contribution is 2.25. The van der Waals surface area contributed by atoms with E-state index in [1.807, 2.05) is 6.92 Å². The molecule has 5 nitrogen and oxygen atoms in total. The molecule has 0 bridgehead atoms. The minimum Gasteiger partial charge on any atom is -0.464 e. The van der Waals surface area contributed by atoms with Crippen molar-refractivity contribution in [3.05, 3.63) is 23.4 Å². The van der Waals surface area contributed by atoms with Crippen LogP contribution in [0.5, 0.6) is 0 Å². The summed E-state index contributed by atoms with van der Waals surface area (Å²) in [5, 5.41) is 10.7. The number of pyridine rings is 1. The van der Waals surface area contributed by atoms with Crippen LogP contribution in [0.4, 0.5) is 5.82 Å².